The van der Waals surface area contributed by atoms with Gasteiger partial charge in [-0.25, -0.2) is 4.79 Å². The summed E-state index contributed by atoms with van der Waals surface area (Å²) in [5.74, 6) is -2.27. The lowest BCUT2D eigenvalue weighted by molar-refractivity contribution is -0.138. The van der Waals surface area contributed by atoms with Crippen LogP contribution >= 0.6 is 0 Å². The van der Waals surface area contributed by atoms with Gasteiger partial charge in [0.15, 0.2) is 18.0 Å². The van der Waals surface area contributed by atoms with E-state index in [-0.39, 0.29) is 13.0 Å². The lowest BCUT2D eigenvalue weighted by atomic mass is 9.99. The summed E-state index contributed by atoms with van der Waals surface area (Å²) >= 11 is 0. The van der Waals surface area contributed by atoms with Crippen LogP contribution in [0.1, 0.15) is 12.0 Å². The van der Waals surface area contributed by atoms with Crippen LogP contribution in [0.25, 0.3) is 0 Å². The van der Waals surface area contributed by atoms with Gasteiger partial charge in [-0.1, -0.05) is 30.3 Å². The molecule has 1 unspecified atom stereocenters. The molecule has 1 aromatic rings. The second-order valence-corrected chi connectivity index (χ2v) is 5.61. The molecule has 2 rings (SSSR count). The number of aliphatic carboxylic acids is 1. The fraction of sp³-hybridized carbons (Fsp3) is 0.438. The van der Waals surface area contributed by atoms with E-state index in [0.29, 0.717) is 6.42 Å². The molecule has 1 saturated heterocycles. The van der Waals surface area contributed by atoms with E-state index >= 15 is 0 Å². The standard InChI is InChI=1S/C16H20N2O6/c17-10(8-9-4-2-1-3-5-9)12(20)11(19)6-7-18-15(21)13-14(24-13)16(22)23/h1-5,10-11,13-14,19H,6-8,17H2,(H,18,21)(H,22,23)/t10-,11?,13-,14-/m0/s1. The number of benzene rings is 1. The molecule has 0 spiro atoms. The molecule has 8 nitrogen and oxygen atoms in total. The third-order valence-electron chi connectivity index (χ3n) is 3.70. The maximum absolute atomic E-state index is 12.0. The summed E-state index contributed by atoms with van der Waals surface area (Å²) in [6, 6.07) is 8.38. The van der Waals surface area contributed by atoms with E-state index in [4.69, 9.17) is 10.8 Å². The van der Waals surface area contributed by atoms with Crippen LogP contribution in [0.3, 0.4) is 0 Å². The molecule has 0 aliphatic carbocycles. The molecule has 0 saturated carbocycles. The number of carbonyl (C=O) groups excluding carboxylic acids is 2. The van der Waals surface area contributed by atoms with Crippen LogP contribution in [0.2, 0.25) is 0 Å². The van der Waals surface area contributed by atoms with Gasteiger partial charge in [0, 0.05) is 6.54 Å². The van der Waals surface area contributed by atoms with Gasteiger partial charge in [-0.05, 0) is 18.4 Å². The molecule has 1 aliphatic rings. The first-order chi connectivity index (χ1) is 11.4. The highest BCUT2D eigenvalue weighted by Gasteiger charge is 2.50. The number of hydrogen-bond acceptors (Lipinski definition) is 6. The third-order valence-corrected chi connectivity index (χ3v) is 3.70. The first-order valence-corrected chi connectivity index (χ1v) is 7.57. The van der Waals surface area contributed by atoms with E-state index in [1.807, 2.05) is 30.3 Å². The second kappa shape index (κ2) is 8.00. The molecule has 0 radical (unpaired) electrons. The summed E-state index contributed by atoms with van der Waals surface area (Å²) in [5.41, 5.74) is 6.70. The van der Waals surface area contributed by atoms with Crippen molar-refractivity contribution in [2.45, 2.75) is 37.2 Å². The molecule has 8 heteroatoms. The third kappa shape index (κ3) is 4.85. The zero-order valence-corrected chi connectivity index (χ0v) is 12.9. The Labute approximate surface area is 138 Å². The maximum atomic E-state index is 12.0. The minimum Gasteiger partial charge on any atom is -0.479 e. The number of epoxide rings is 1. The van der Waals surface area contributed by atoms with Crippen molar-refractivity contribution >= 4 is 17.7 Å². The molecule has 5 N–H and O–H groups in total. The number of carboxylic acid groups (broad SMARTS) is 1. The number of Topliss-reactive ketones (excluding diaryl/α,β-unsaturated/α-hetero) is 1. The van der Waals surface area contributed by atoms with Gasteiger partial charge in [0.2, 0.25) is 0 Å². The van der Waals surface area contributed by atoms with Crippen LogP contribution in [0.15, 0.2) is 30.3 Å². The van der Waals surface area contributed by atoms with E-state index in [1.54, 1.807) is 0 Å². The first-order valence-electron chi connectivity index (χ1n) is 7.57. The number of ether oxygens (including phenoxy) is 1. The van der Waals surface area contributed by atoms with Crippen molar-refractivity contribution in [2.24, 2.45) is 5.73 Å². The smallest absolute Gasteiger partial charge is 0.336 e. The monoisotopic (exact) mass is 336 g/mol. The van der Waals surface area contributed by atoms with Crippen molar-refractivity contribution in [2.75, 3.05) is 6.54 Å². The Morgan fingerprint density at radius 2 is 1.88 bits per heavy atom. The highest BCUT2D eigenvalue weighted by molar-refractivity contribution is 5.92. The van der Waals surface area contributed by atoms with Crippen molar-refractivity contribution in [3.63, 3.8) is 0 Å². The van der Waals surface area contributed by atoms with Crippen LogP contribution in [0.4, 0.5) is 0 Å². The SMILES string of the molecule is N[C@@H](Cc1ccccc1)C(=O)C(O)CCNC(=O)[C@H]1O[C@@H]1C(=O)O. The van der Waals surface area contributed by atoms with Gasteiger partial charge in [-0.2, -0.15) is 0 Å². The minimum atomic E-state index is -1.29. The summed E-state index contributed by atoms with van der Waals surface area (Å²) in [6.07, 6.45) is -3.09. The van der Waals surface area contributed by atoms with Gasteiger partial charge in [-0.3, -0.25) is 9.59 Å². The fourth-order valence-electron chi connectivity index (χ4n) is 2.29. The number of nitrogens with one attached hydrogen (secondary N) is 1. The zero-order chi connectivity index (χ0) is 17.7. The van der Waals surface area contributed by atoms with Gasteiger partial charge >= 0.3 is 5.97 Å². The van der Waals surface area contributed by atoms with Crippen LogP contribution < -0.4 is 11.1 Å². The van der Waals surface area contributed by atoms with Crippen molar-refractivity contribution in [1.82, 2.24) is 5.32 Å². The molecule has 0 bridgehead atoms. The number of ketones is 1. The Hall–Kier alpha value is -2.29. The van der Waals surface area contributed by atoms with Crippen molar-refractivity contribution in [3.8, 4) is 0 Å². The molecular weight excluding hydrogens is 316 g/mol. The molecule has 1 fully saturated rings. The van der Waals surface area contributed by atoms with E-state index in [0.717, 1.165) is 5.56 Å². The van der Waals surface area contributed by atoms with Crippen molar-refractivity contribution < 1.29 is 29.3 Å². The van der Waals surface area contributed by atoms with Crippen LogP contribution in [-0.2, 0) is 25.5 Å². The highest BCUT2D eigenvalue weighted by Crippen LogP contribution is 2.21. The Kier molecular flexibility index (Phi) is 6.02. The lowest BCUT2D eigenvalue weighted by Gasteiger charge is -2.15. The Morgan fingerprint density at radius 3 is 2.46 bits per heavy atom. The van der Waals surface area contributed by atoms with Crippen LogP contribution in [0, 0.1) is 0 Å². The molecule has 1 amide bonds. The molecular formula is C16H20N2O6. The number of aliphatic hydroxyl groups is 1. The molecule has 1 aliphatic heterocycles. The predicted octanol–water partition coefficient (Wildman–Crippen LogP) is -1.16. The highest BCUT2D eigenvalue weighted by atomic mass is 16.6. The van der Waals surface area contributed by atoms with Crippen molar-refractivity contribution in [3.05, 3.63) is 35.9 Å². The largest absolute Gasteiger partial charge is 0.479 e. The number of carboxylic acids is 1. The number of rotatable bonds is 9. The molecule has 4 atom stereocenters. The second-order valence-electron chi connectivity index (χ2n) is 5.61. The summed E-state index contributed by atoms with van der Waals surface area (Å²) in [4.78, 5) is 34.1. The number of carbonyl (C=O) groups is 3. The van der Waals surface area contributed by atoms with Crippen molar-refractivity contribution in [1.29, 1.82) is 0 Å². The molecule has 1 aromatic carbocycles. The average molecular weight is 336 g/mol. The van der Waals surface area contributed by atoms with E-state index in [9.17, 15) is 19.5 Å². The number of hydrogen-bond donors (Lipinski definition) is 4. The van der Waals surface area contributed by atoms with E-state index < -0.39 is 42.0 Å². The van der Waals surface area contributed by atoms with Crippen LogP contribution in [-0.4, -0.2) is 58.8 Å². The van der Waals surface area contributed by atoms with Gasteiger partial charge in [0.1, 0.15) is 6.10 Å². The van der Waals surface area contributed by atoms with Gasteiger partial charge in [-0.15, -0.1) is 0 Å². The Bertz CT molecular complexity index is 606. The summed E-state index contributed by atoms with van der Waals surface area (Å²) < 4.78 is 4.69. The zero-order valence-electron chi connectivity index (χ0n) is 12.9. The van der Waals surface area contributed by atoms with Gasteiger partial charge in [0.25, 0.3) is 5.91 Å². The molecule has 1 heterocycles. The lowest BCUT2D eigenvalue weighted by Crippen LogP contribution is -2.42. The van der Waals surface area contributed by atoms with E-state index in [1.165, 1.54) is 0 Å². The molecule has 24 heavy (non-hydrogen) atoms. The summed E-state index contributed by atoms with van der Waals surface area (Å²) in [6.45, 7) is 0.0238. The predicted molar refractivity (Wildman–Crippen MR) is 83.1 cm³/mol. The quantitative estimate of drug-likeness (QED) is 0.417. The summed E-state index contributed by atoms with van der Waals surface area (Å²) in [7, 11) is 0. The number of amides is 1. The summed E-state index contributed by atoms with van der Waals surface area (Å²) in [5, 5.41) is 20.9. The normalized spacial score (nSPS) is 21.6. The maximum Gasteiger partial charge on any atom is 0.336 e. The van der Waals surface area contributed by atoms with Gasteiger partial charge < -0.3 is 26.0 Å². The van der Waals surface area contributed by atoms with Gasteiger partial charge in [0.05, 0.1) is 6.04 Å². The van der Waals surface area contributed by atoms with Crippen LogP contribution in [0.5, 0.6) is 0 Å². The van der Waals surface area contributed by atoms with E-state index in [2.05, 4.69) is 10.1 Å². The molecule has 130 valence electrons. The Morgan fingerprint density at radius 1 is 1.21 bits per heavy atom. The average Bonchev–Trinajstić information content (AvgIpc) is 3.35. The Balaban J connectivity index is 1.70. The molecule has 0 aromatic heterocycles. The topological polar surface area (TPSA) is 142 Å². The number of nitrogens with two attached hydrogens (primary N) is 1. The number of aliphatic hydroxyl groups excluding tert-OH is 1. The minimum absolute atomic E-state index is 0.00246. The first kappa shape index (κ1) is 18.1. The fourth-order valence-corrected chi connectivity index (χ4v) is 2.29.